The number of hydrogen-bond donors (Lipinski definition) is 2. The largest absolute Gasteiger partial charge is 0.435 e. The van der Waals surface area contributed by atoms with Crippen LogP contribution in [0.1, 0.15) is 32.1 Å². The number of nitrogens with one attached hydrogen (secondary N) is 2. The van der Waals surface area contributed by atoms with E-state index in [0.29, 0.717) is 16.8 Å². The Morgan fingerprint density at radius 3 is 2.38 bits per heavy atom. The highest BCUT2D eigenvalue weighted by Crippen LogP contribution is 2.37. The molecule has 0 radical (unpaired) electrons. The van der Waals surface area contributed by atoms with Gasteiger partial charge in [0.15, 0.2) is 17.8 Å². The number of halogens is 3. The maximum Gasteiger partial charge on any atom is 0.435 e. The first-order chi connectivity index (χ1) is 19.2. The van der Waals surface area contributed by atoms with E-state index in [1.54, 1.807) is 54.6 Å². The molecule has 0 bridgehead atoms. The van der Waals surface area contributed by atoms with Crippen molar-refractivity contribution < 1.29 is 22.8 Å². The van der Waals surface area contributed by atoms with Crippen molar-refractivity contribution in [3.05, 3.63) is 106 Å². The highest BCUT2D eigenvalue weighted by atomic mass is 19.4. The fraction of sp³-hybridized carbons (Fsp3) is 0.107. The number of alkyl halides is 3. The third-order valence-corrected chi connectivity index (χ3v) is 6.73. The molecule has 0 atom stereocenters. The Kier molecular flexibility index (Phi) is 5.94. The lowest BCUT2D eigenvalue weighted by molar-refractivity contribution is -0.141. The van der Waals surface area contributed by atoms with Crippen LogP contribution < -0.4 is 10.6 Å². The first-order valence-electron chi connectivity index (χ1n) is 12.2. The van der Waals surface area contributed by atoms with Crippen molar-refractivity contribution in [2.75, 3.05) is 11.4 Å². The summed E-state index contributed by atoms with van der Waals surface area (Å²) in [4.78, 5) is 40.6. The number of carbonyl (C=O) groups excluding carboxylic acids is 2. The molecule has 0 saturated carbocycles. The maximum absolute atomic E-state index is 14.0. The third kappa shape index (κ3) is 4.28. The highest BCUT2D eigenvalue weighted by molar-refractivity contribution is 6.07. The quantitative estimate of drug-likeness (QED) is 0.313. The van der Waals surface area contributed by atoms with Gasteiger partial charge in [-0.2, -0.15) is 23.4 Å². The smallest absolute Gasteiger partial charge is 0.307 e. The van der Waals surface area contributed by atoms with Gasteiger partial charge in [0.1, 0.15) is 5.69 Å². The van der Waals surface area contributed by atoms with Gasteiger partial charge >= 0.3 is 11.9 Å². The Bertz CT molecular complexity index is 1820. The van der Waals surface area contributed by atoms with Crippen LogP contribution in [0.4, 0.5) is 18.9 Å². The van der Waals surface area contributed by atoms with Gasteiger partial charge in [-0.05, 0) is 41.8 Å². The van der Waals surface area contributed by atoms with E-state index < -0.39 is 23.5 Å². The van der Waals surface area contributed by atoms with Gasteiger partial charge in [-0.1, -0.05) is 48.5 Å². The minimum atomic E-state index is -4.77. The lowest BCUT2D eigenvalue weighted by atomic mass is 9.99. The molecule has 40 heavy (non-hydrogen) atoms. The van der Waals surface area contributed by atoms with Crippen molar-refractivity contribution in [1.82, 2.24) is 25.0 Å². The molecular formula is C28H19F3N6O3. The zero-order chi connectivity index (χ0) is 28.0. The zero-order valence-corrected chi connectivity index (χ0v) is 20.6. The molecule has 1 amide bonds. The van der Waals surface area contributed by atoms with Crippen LogP contribution in [0.3, 0.4) is 0 Å². The van der Waals surface area contributed by atoms with Gasteiger partial charge in [0.25, 0.3) is 5.91 Å². The van der Waals surface area contributed by atoms with Crippen LogP contribution in [-0.2, 0) is 12.6 Å². The molecule has 0 fully saturated rings. The van der Waals surface area contributed by atoms with Crippen LogP contribution in [-0.4, -0.2) is 43.7 Å². The summed E-state index contributed by atoms with van der Waals surface area (Å²) in [7, 11) is 0. The molecule has 3 heterocycles. The number of fused-ring (bicyclic) bond motifs is 1. The van der Waals surface area contributed by atoms with Crippen LogP contribution in [0.15, 0.2) is 77.6 Å². The molecule has 1 aliphatic rings. The topological polar surface area (TPSA) is 117 Å². The van der Waals surface area contributed by atoms with E-state index >= 15 is 0 Å². The van der Waals surface area contributed by atoms with Crippen molar-refractivity contribution in [3.8, 4) is 28.2 Å². The highest BCUT2D eigenvalue weighted by Gasteiger charge is 2.43. The molecule has 5 aromatic rings. The number of aldehydes is 1. The normalized spacial score (nSPS) is 13.4. The monoisotopic (exact) mass is 544 g/mol. The molecular weight excluding hydrogens is 525 g/mol. The molecule has 1 aliphatic heterocycles. The summed E-state index contributed by atoms with van der Waals surface area (Å²) in [6.45, 7) is 0.0272. The van der Waals surface area contributed by atoms with E-state index in [1.807, 2.05) is 6.07 Å². The van der Waals surface area contributed by atoms with E-state index in [1.165, 1.54) is 17.0 Å². The van der Waals surface area contributed by atoms with Gasteiger partial charge < -0.3 is 4.90 Å². The van der Waals surface area contributed by atoms with Crippen LogP contribution >= 0.6 is 0 Å². The Hall–Kier alpha value is -5.26. The third-order valence-electron chi connectivity index (χ3n) is 6.73. The molecule has 12 heteroatoms. The number of hydrogen-bond acceptors (Lipinski definition) is 5. The van der Waals surface area contributed by atoms with Gasteiger partial charge in [-0.15, -0.1) is 0 Å². The molecule has 0 unspecified atom stereocenters. The number of aromatic amines is 2. The lowest BCUT2D eigenvalue weighted by Crippen LogP contribution is -2.39. The standard InChI is InChI=1S/C28H19F3N6O3/c29-28(30,31)24-22-12-13-36(19-10-8-16(9-11-19)21-7-2-1-4-18(21)15-38)26(39)23(22)37(35-24)20-6-3-5-17(14-20)25-32-27(40)34-33-25/h1-11,14-15H,12-13H2,(H2,32,33,34,40). The number of aromatic nitrogens is 5. The maximum atomic E-state index is 14.0. The number of anilines is 1. The Morgan fingerprint density at radius 2 is 1.68 bits per heavy atom. The summed E-state index contributed by atoms with van der Waals surface area (Å²) >= 11 is 0. The van der Waals surface area contributed by atoms with Crippen LogP contribution in [0.5, 0.6) is 0 Å². The molecule has 0 saturated heterocycles. The molecule has 6 rings (SSSR count). The van der Waals surface area contributed by atoms with Gasteiger partial charge in [0.2, 0.25) is 0 Å². The van der Waals surface area contributed by atoms with E-state index in [9.17, 15) is 27.6 Å². The van der Waals surface area contributed by atoms with Crippen LogP contribution in [0.25, 0.3) is 28.2 Å². The second-order valence-corrected chi connectivity index (χ2v) is 9.12. The number of nitrogens with zero attached hydrogens (tertiary/aromatic N) is 4. The molecule has 0 aliphatic carbocycles. The average Bonchev–Trinajstić information content (AvgIpc) is 3.58. The minimum Gasteiger partial charge on any atom is -0.307 e. The van der Waals surface area contributed by atoms with Crippen LogP contribution in [0.2, 0.25) is 0 Å². The van der Waals surface area contributed by atoms with E-state index in [2.05, 4.69) is 20.3 Å². The second kappa shape index (κ2) is 9.49. The first kappa shape index (κ1) is 25.0. The summed E-state index contributed by atoms with van der Waals surface area (Å²) < 4.78 is 43.0. The van der Waals surface area contributed by atoms with E-state index in [4.69, 9.17) is 0 Å². The van der Waals surface area contributed by atoms with Crippen molar-refractivity contribution in [3.63, 3.8) is 0 Å². The van der Waals surface area contributed by atoms with Gasteiger partial charge in [-0.3, -0.25) is 14.6 Å². The predicted molar refractivity (Wildman–Crippen MR) is 139 cm³/mol. The van der Waals surface area contributed by atoms with Gasteiger partial charge in [0, 0.05) is 28.9 Å². The minimum absolute atomic E-state index is 0.0272. The molecule has 0 spiro atoms. The Morgan fingerprint density at radius 1 is 0.900 bits per heavy atom. The van der Waals surface area contributed by atoms with Crippen molar-refractivity contribution in [1.29, 1.82) is 0 Å². The van der Waals surface area contributed by atoms with Crippen molar-refractivity contribution in [2.45, 2.75) is 12.6 Å². The fourth-order valence-corrected chi connectivity index (χ4v) is 4.90. The molecule has 9 nitrogen and oxygen atoms in total. The van der Waals surface area contributed by atoms with Gasteiger partial charge in [-0.25, -0.2) is 14.6 Å². The molecule has 3 aromatic carbocycles. The summed E-state index contributed by atoms with van der Waals surface area (Å²) in [5.74, 6) is -0.447. The van der Waals surface area contributed by atoms with Crippen LogP contribution in [0, 0.1) is 0 Å². The summed E-state index contributed by atoms with van der Waals surface area (Å²) in [5, 5.41) is 9.94. The Balaban J connectivity index is 1.41. The second-order valence-electron chi connectivity index (χ2n) is 9.12. The van der Waals surface area contributed by atoms with E-state index in [-0.39, 0.29) is 35.7 Å². The zero-order valence-electron chi connectivity index (χ0n) is 20.6. The van der Waals surface area contributed by atoms with Crippen molar-refractivity contribution in [2.24, 2.45) is 0 Å². The number of benzene rings is 3. The number of amides is 1. The summed E-state index contributed by atoms with van der Waals surface area (Å²) in [5.41, 5.74) is 1.08. The summed E-state index contributed by atoms with van der Waals surface area (Å²) in [6.07, 6.45) is -4.06. The molecule has 2 aromatic heterocycles. The lowest BCUT2D eigenvalue weighted by Gasteiger charge is -2.28. The average molecular weight is 544 g/mol. The Labute approximate surface area is 223 Å². The van der Waals surface area contributed by atoms with Crippen molar-refractivity contribution >= 4 is 17.9 Å². The number of rotatable bonds is 5. The molecule has 200 valence electrons. The van der Waals surface area contributed by atoms with Gasteiger partial charge in [0.05, 0.1) is 5.69 Å². The first-order valence-corrected chi connectivity index (χ1v) is 12.2. The number of carbonyl (C=O) groups is 2. The SMILES string of the molecule is O=Cc1ccccc1-c1ccc(N2CCc3c(C(F)(F)F)nn(-c4cccc(-c5n[nH]c(=O)[nH]5)c4)c3C2=O)cc1. The summed E-state index contributed by atoms with van der Waals surface area (Å²) in [6, 6.07) is 20.2. The predicted octanol–water partition coefficient (Wildman–Crippen LogP) is 4.65. The molecule has 2 N–H and O–H groups in total. The number of H-pyrrole nitrogens is 2. The fourth-order valence-electron chi connectivity index (χ4n) is 4.90. The van der Waals surface area contributed by atoms with E-state index in [0.717, 1.165) is 22.1 Å².